The first-order valence-electron chi connectivity index (χ1n) is 23.8. The summed E-state index contributed by atoms with van der Waals surface area (Å²) in [5.74, 6) is -1.11. The van der Waals surface area contributed by atoms with Crippen molar-refractivity contribution in [3.05, 3.63) is 62.0 Å². The molecule has 34 heteroatoms. The number of carbonyl (C=O) groups excluding carboxylic acids is 2. The van der Waals surface area contributed by atoms with Gasteiger partial charge in [-0.2, -0.15) is 0 Å². The normalized spacial score (nSPS) is 30.2. The Hall–Kier alpha value is -4.14. The Morgan fingerprint density at radius 1 is 0.737 bits per heavy atom. The molecule has 2 saturated carbocycles. The van der Waals surface area contributed by atoms with E-state index in [1.54, 1.807) is 24.9 Å². The third kappa shape index (κ3) is 16.5. The fourth-order valence-corrected chi connectivity index (χ4v) is 10.3. The number of hydrogen-bond donors (Lipinski definition) is 13. The van der Waals surface area contributed by atoms with Crippen molar-refractivity contribution in [3.63, 3.8) is 0 Å². The van der Waals surface area contributed by atoms with E-state index in [-0.39, 0.29) is 61.4 Å². The number of nitrogens with one attached hydrogen (secondary N) is 3. The Morgan fingerprint density at radius 3 is 1.88 bits per heavy atom. The summed E-state index contributed by atoms with van der Waals surface area (Å²) in [6, 6.07) is -0.763. The number of phosphoric acid groups is 3. The van der Waals surface area contributed by atoms with Gasteiger partial charge in [0.25, 0.3) is 11.8 Å². The van der Waals surface area contributed by atoms with Gasteiger partial charge < -0.3 is 94.5 Å². The molecule has 2 amide bonds. The van der Waals surface area contributed by atoms with Crippen molar-refractivity contribution in [1.82, 2.24) is 40.0 Å². The molecule has 4 aliphatic heterocycles. The summed E-state index contributed by atoms with van der Waals surface area (Å²) in [6.07, 6.45) is 4.05. The number of carbonyl (C=O) groups is 2. The molecule has 76 heavy (non-hydrogen) atoms. The van der Waals surface area contributed by atoms with Gasteiger partial charge in [0, 0.05) is 56.1 Å². The molecule has 426 valence electrons. The summed E-state index contributed by atoms with van der Waals surface area (Å²) in [4.78, 5) is 91.4. The number of phosphoric ester groups is 3. The van der Waals surface area contributed by atoms with E-state index in [0.717, 1.165) is 25.9 Å². The Bertz CT molecular complexity index is 2580. The van der Waals surface area contributed by atoms with Crippen LogP contribution in [0, 0.1) is 11.8 Å². The number of unbranched alkanes of at least 4 members (excludes halogenated alkanes) is 1. The first-order chi connectivity index (χ1) is 35.6. The minimum Gasteiger partial charge on any atom is -0.390 e. The summed E-state index contributed by atoms with van der Waals surface area (Å²) in [6.45, 7) is 14.1. The fraction of sp³-hybridized carbons (Fsp3) is 0.643. The minimum absolute atomic E-state index is 0.141. The second-order valence-electron chi connectivity index (χ2n) is 18.7. The predicted molar refractivity (Wildman–Crippen MR) is 260 cm³/mol. The Labute approximate surface area is 435 Å². The van der Waals surface area contributed by atoms with Gasteiger partial charge in [-0.15, -0.1) is 0 Å². The third-order valence-electron chi connectivity index (χ3n) is 12.7. The Balaban J connectivity index is 0.000000189. The van der Waals surface area contributed by atoms with E-state index in [0.29, 0.717) is 42.4 Å². The molecule has 2 unspecified atom stereocenters. The van der Waals surface area contributed by atoms with Gasteiger partial charge >= 0.3 is 23.5 Å². The Kier molecular flexibility index (Phi) is 20.7. The van der Waals surface area contributed by atoms with E-state index in [2.05, 4.69) is 64.6 Å². The van der Waals surface area contributed by atoms with Crippen LogP contribution in [0.5, 0.6) is 0 Å². The minimum atomic E-state index is -4.74. The molecule has 2 saturated heterocycles. The highest BCUT2D eigenvalue weighted by Gasteiger charge is 2.56. The maximum Gasteiger partial charge on any atom is 0.469 e. The van der Waals surface area contributed by atoms with E-state index in [1.807, 2.05) is 0 Å². The van der Waals surface area contributed by atoms with Crippen LogP contribution < -0.4 is 16.0 Å². The monoisotopic (exact) mass is 1140 g/mol. The maximum absolute atomic E-state index is 11.4. The van der Waals surface area contributed by atoms with E-state index in [1.165, 1.54) is 40.5 Å². The average molecular weight is 1140 g/mol. The third-order valence-corrected chi connectivity index (χ3v) is 14.1. The number of imidazole rings is 1. The highest BCUT2D eigenvalue weighted by molar-refractivity contribution is 7.46. The zero-order chi connectivity index (χ0) is 55.9. The Morgan fingerprint density at radius 2 is 1.29 bits per heavy atom. The highest BCUT2D eigenvalue weighted by atomic mass is 31.2. The molecule has 0 spiro atoms. The standard InChI is InChI=1S/C17H28N5O8P.C14H21N2O7P.C11H17N2O7P/c1-2-3-6-28-7-4-5-18-15-12-16(20-9-19-15)22(10-21-12)17-14(24)13(23)11(30-17)8-29-31(25,26)27;1-8-15-11(17)4-5-16(8)10-6-9(7-21-24(18,19)20)12-13(10)23-14(2,3)22-12;1-6-12-9(14)2-3-13(6)8-4-7(10(15)11(8)16)5-20-21(17,18)19/h9-11,13-14,17,23-24H,2-8H2,1H3,(H,18,19,20)(H2,25,26,27);4-5,9-10,12-13H,1,6-7H2,2-3H3,(H,15,17)(H2,18,19,20);2-3,7-8,10-11,15-16H,1,4-5H2,(H,12,14)(H2,17,18,19)/t11-,13-,14-,17-;9-,10-,12-,13?;7-,8-,10-,11?/m111/s1. The second-order valence-corrected chi connectivity index (χ2v) is 22.4. The van der Waals surface area contributed by atoms with Crippen molar-refractivity contribution in [1.29, 1.82) is 0 Å². The first-order valence-corrected chi connectivity index (χ1v) is 28.4. The predicted octanol–water partition coefficient (Wildman–Crippen LogP) is -0.783. The molecular formula is C42H66N9O22P3. The summed E-state index contributed by atoms with van der Waals surface area (Å²) < 4.78 is 70.4. The van der Waals surface area contributed by atoms with E-state index in [9.17, 15) is 43.7 Å². The van der Waals surface area contributed by atoms with Crippen LogP contribution in [0.25, 0.3) is 11.2 Å². The number of aliphatic hydroxyl groups is 4. The number of fused-ring (bicyclic) bond motifs is 2. The van der Waals surface area contributed by atoms with Crippen LogP contribution in [0.1, 0.15) is 59.1 Å². The molecule has 2 aliphatic carbocycles. The number of nitrogens with zero attached hydrogens (tertiary/aromatic N) is 6. The van der Waals surface area contributed by atoms with Gasteiger partial charge in [-0.1, -0.05) is 26.5 Å². The molecule has 31 nitrogen and oxygen atoms in total. The fourth-order valence-electron chi connectivity index (χ4n) is 9.18. The molecular weight excluding hydrogens is 1080 g/mol. The van der Waals surface area contributed by atoms with Crippen LogP contribution >= 0.6 is 23.5 Å². The number of ether oxygens (including phenoxy) is 4. The molecule has 6 heterocycles. The lowest BCUT2D eigenvalue weighted by molar-refractivity contribution is -0.162. The number of aliphatic hydroxyl groups excluding tert-OH is 4. The van der Waals surface area contributed by atoms with Gasteiger partial charge in [0.2, 0.25) is 0 Å². The zero-order valence-electron chi connectivity index (χ0n) is 41.5. The van der Waals surface area contributed by atoms with Crippen molar-refractivity contribution in [2.24, 2.45) is 11.8 Å². The molecule has 2 aromatic rings. The summed E-state index contributed by atoms with van der Waals surface area (Å²) in [5.41, 5.74) is 0.819. The van der Waals surface area contributed by atoms with Crippen molar-refractivity contribution in [2.45, 2.75) is 120 Å². The second kappa shape index (κ2) is 25.8. The molecule has 0 radical (unpaired) electrons. The molecule has 13 N–H and O–H groups in total. The number of rotatable bonds is 20. The topological polar surface area (TPSA) is 438 Å². The van der Waals surface area contributed by atoms with Crippen LogP contribution in [0.4, 0.5) is 5.82 Å². The van der Waals surface area contributed by atoms with Gasteiger partial charge in [0.05, 0.1) is 50.4 Å². The maximum atomic E-state index is 11.4. The molecule has 2 aromatic heterocycles. The van der Waals surface area contributed by atoms with Crippen LogP contribution in [0.15, 0.2) is 62.0 Å². The smallest absolute Gasteiger partial charge is 0.390 e. The highest BCUT2D eigenvalue weighted by Crippen LogP contribution is 2.47. The van der Waals surface area contributed by atoms with Gasteiger partial charge in [-0.05, 0) is 39.5 Å². The van der Waals surface area contributed by atoms with Gasteiger partial charge in [0.1, 0.15) is 48.5 Å². The summed E-state index contributed by atoms with van der Waals surface area (Å²) in [5, 5.41) is 48.8. The van der Waals surface area contributed by atoms with Crippen LogP contribution in [-0.4, -0.2) is 191 Å². The van der Waals surface area contributed by atoms with Gasteiger partial charge in [-0.3, -0.25) is 27.7 Å². The van der Waals surface area contributed by atoms with Crippen molar-refractivity contribution >= 4 is 52.3 Å². The molecule has 12 atom stereocenters. The van der Waals surface area contributed by atoms with E-state index in [4.69, 9.17) is 48.3 Å². The number of amides is 2. The van der Waals surface area contributed by atoms with Crippen molar-refractivity contribution in [2.75, 3.05) is 44.9 Å². The summed E-state index contributed by atoms with van der Waals surface area (Å²) in [7, 11) is -13.9. The lowest BCUT2D eigenvalue weighted by atomic mass is 10.1. The molecule has 0 bridgehead atoms. The number of anilines is 1. The van der Waals surface area contributed by atoms with E-state index >= 15 is 0 Å². The lowest BCUT2D eigenvalue weighted by Crippen LogP contribution is -2.45. The van der Waals surface area contributed by atoms with Gasteiger partial charge in [-0.25, -0.2) is 28.6 Å². The largest absolute Gasteiger partial charge is 0.469 e. The molecule has 4 fully saturated rings. The van der Waals surface area contributed by atoms with Crippen molar-refractivity contribution in [3.8, 4) is 0 Å². The SMILES string of the molecule is C=C1NC(=O)C=CN1[C@@H]1C[C@H](COP(=O)(O)O)[C@@H](O)C1O.C=C1NC(=O)C=CN1[C@@H]1C[C@H](COP(=O)(O)O)[C@H]2OC(C)(C)OC12.CCCCOCCCNc1ncnc2c1ncn2[C@@H]1O[C@H](COP(=O)(O)O)[C@@H](O)[C@H]1O. The number of aromatic nitrogens is 4. The van der Waals surface area contributed by atoms with Crippen LogP contribution in [0.2, 0.25) is 0 Å². The zero-order valence-corrected chi connectivity index (χ0v) is 44.2. The molecule has 0 aromatic carbocycles. The van der Waals surface area contributed by atoms with E-state index < -0.39 is 84.6 Å². The van der Waals surface area contributed by atoms with Crippen LogP contribution in [0.3, 0.4) is 0 Å². The number of hydrogen-bond acceptors (Lipinski definition) is 22. The first kappa shape index (κ1) is 61.1. The summed E-state index contributed by atoms with van der Waals surface area (Å²) >= 11 is 0. The quantitative estimate of drug-likeness (QED) is 0.0571. The van der Waals surface area contributed by atoms with Crippen molar-refractivity contribution < 1.29 is 106 Å². The van der Waals surface area contributed by atoms with Gasteiger partial charge in [0.15, 0.2) is 29.0 Å². The van der Waals surface area contributed by atoms with Crippen LogP contribution in [-0.2, 0) is 55.8 Å². The molecule has 8 rings (SSSR count). The lowest BCUT2D eigenvalue weighted by Gasteiger charge is -2.34. The molecule has 6 aliphatic rings. The average Bonchev–Trinajstić information content (AvgIpc) is 4.12.